The maximum absolute atomic E-state index is 11.2. The van der Waals surface area contributed by atoms with Crippen molar-refractivity contribution < 1.29 is 9.72 Å². The van der Waals surface area contributed by atoms with Crippen LogP contribution in [0, 0.1) is 17.0 Å². The lowest BCUT2D eigenvalue weighted by Gasteiger charge is -2.03. The summed E-state index contributed by atoms with van der Waals surface area (Å²) in [6, 6.07) is 11.8. The summed E-state index contributed by atoms with van der Waals surface area (Å²) in [5.41, 5.74) is 2.86. The molecule has 0 saturated heterocycles. The molecule has 2 aromatic carbocycles. The molecule has 0 N–H and O–H groups in total. The number of benzene rings is 2. The minimum absolute atomic E-state index is 0.0154. The number of carbonyl (C=O) groups is 1. The van der Waals surface area contributed by atoms with E-state index in [-0.39, 0.29) is 5.69 Å². The Morgan fingerprint density at radius 1 is 1.19 bits per heavy atom. The number of nitro groups is 1. The number of non-ortho nitro benzene ring substituents is 1. The average Bonchev–Trinajstić information content (AvgIpc) is 2.85. The zero-order chi connectivity index (χ0) is 15.0. The SMILES string of the molecule is Cc1ccc2c(c1)c(C=O)nn2-c1ccc([N+](=O)[O-])cc1. The Bertz CT molecular complexity index is 850. The van der Waals surface area contributed by atoms with Crippen molar-refractivity contribution in [2.24, 2.45) is 0 Å². The summed E-state index contributed by atoms with van der Waals surface area (Å²) in [6.45, 7) is 1.94. The fourth-order valence-corrected chi connectivity index (χ4v) is 2.25. The number of fused-ring (bicyclic) bond motifs is 1. The first kappa shape index (κ1) is 13.0. The topological polar surface area (TPSA) is 78.0 Å². The van der Waals surface area contributed by atoms with Gasteiger partial charge in [-0.1, -0.05) is 11.6 Å². The van der Waals surface area contributed by atoms with Crippen LogP contribution in [0.1, 0.15) is 16.1 Å². The van der Waals surface area contributed by atoms with Gasteiger partial charge < -0.3 is 0 Å². The number of nitro benzene ring substituents is 1. The maximum Gasteiger partial charge on any atom is 0.269 e. The van der Waals surface area contributed by atoms with Crippen molar-refractivity contribution in [1.82, 2.24) is 9.78 Å². The summed E-state index contributed by atoms with van der Waals surface area (Å²) < 4.78 is 1.61. The fraction of sp³-hybridized carbons (Fsp3) is 0.0667. The first-order valence-electron chi connectivity index (χ1n) is 6.29. The van der Waals surface area contributed by atoms with Gasteiger partial charge >= 0.3 is 0 Å². The molecule has 21 heavy (non-hydrogen) atoms. The van der Waals surface area contributed by atoms with Crippen LogP contribution < -0.4 is 0 Å². The highest BCUT2D eigenvalue weighted by Gasteiger charge is 2.12. The van der Waals surface area contributed by atoms with Gasteiger partial charge in [0.05, 0.1) is 16.1 Å². The quantitative estimate of drug-likeness (QED) is 0.420. The second kappa shape index (κ2) is 4.82. The summed E-state index contributed by atoms with van der Waals surface area (Å²) in [5.74, 6) is 0. The standard InChI is InChI=1S/C15H11N3O3/c1-10-2-7-15-13(8-10)14(9-19)16-17(15)11-3-5-12(6-4-11)18(20)21/h2-9H,1H3. The third kappa shape index (κ3) is 2.16. The van der Waals surface area contributed by atoms with E-state index in [9.17, 15) is 14.9 Å². The Hall–Kier alpha value is -3.02. The molecular weight excluding hydrogens is 270 g/mol. The Morgan fingerprint density at radius 3 is 2.52 bits per heavy atom. The van der Waals surface area contributed by atoms with Gasteiger partial charge in [-0.25, -0.2) is 4.68 Å². The molecule has 0 saturated carbocycles. The predicted octanol–water partition coefficient (Wildman–Crippen LogP) is 3.05. The summed E-state index contributed by atoms with van der Waals surface area (Å²) >= 11 is 0. The summed E-state index contributed by atoms with van der Waals surface area (Å²) in [5, 5.41) is 15.7. The first-order valence-corrected chi connectivity index (χ1v) is 6.29. The number of hydrogen-bond donors (Lipinski definition) is 0. The molecular formula is C15H11N3O3. The van der Waals surface area contributed by atoms with E-state index >= 15 is 0 Å². The molecule has 0 spiro atoms. The van der Waals surface area contributed by atoms with E-state index in [4.69, 9.17) is 0 Å². The minimum atomic E-state index is -0.453. The van der Waals surface area contributed by atoms with Gasteiger partial charge in [-0.05, 0) is 31.2 Å². The van der Waals surface area contributed by atoms with Crippen molar-refractivity contribution >= 4 is 22.9 Å². The number of aldehydes is 1. The van der Waals surface area contributed by atoms with Crippen molar-refractivity contribution in [3.63, 3.8) is 0 Å². The van der Waals surface area contributed by atoms with Gasteiger partial charge in [0.15, 0.2) is 6.29 Å². The molecule has 1 aromatic heterocycles. The second-order valence-electron chi connectivity index (χ2n) is 4.71. The molecule has 3 aromatic rings. The van der Waals surface area contributed by atoms with Crippen LogP contribution in [-0.2, 0) is 0 Å². The lowest BCUT2D eigenvalue weighted by atomic mass is 10.1. The van der Waals surface area contributed by atoms with Crippen LogP contribution in [0.2, 0.25) is 0 Å². The van der Waals surface area contributed by atoms with E-state index in [1.165, 1.54) is 12.1 Å². The molecule has 104 valence electrons. The molecule has 0 bridgehead atoms. The van der Waals surface area contributed by atoms with Crippen molar-refractivity contribution in [3.05, 3.63) is 63.8 Å². The highest BCUT2D eigenvalue weighted by molar-refractivity contribution is 5.96. The summed E-state index contributed by atoms with van der Waals surface area (Å²) in [4.78, 5) is 21.4. The van der Waals surface area contributed by atoms with Crippen molar-refractivity contribution in [2.45, 2.75) is 6.92 Å². The number of carbonyl (C=O) groups excluding carboxylic acids is 1. The Balaban J connectivity index is 2.20. The van der Waals surface area contributed by atoms with Crippen LogP contribution in [0.25, 0.3) is 16.6 Å². The van der Waals surface area contributed by atoms with Crippen LogP contribution in [0.4, 0.5) is 5.69 Å². The molecule has 0 aliphatic heterocycles. The van der Waals surface area contributed by atoms with E-state index in [1.54, 1.807) is 16.8 Å². The fourth-order valence-electron chi connectivity index (χ4n) is 2.25. The smallest absolute Gasteiger partial charge is 0.269 e. The summed E-state index contributed by atoms with van der Waals surface area (Å²) in [6.07, 6.45) is 0.712. The van der Waals surface area contributed by atoms with Crippen LogP contribution >= 0.6 is 0 Å². The second-order valence-corrected chi connectivity index (χ2v) is 4.71. The third-order valence-corrected chi connectivity index (χ3v) is 3.28. The predicted molar refractivity (Wildman–Crippen MR) is 77.8 cm³/mol. The highest BCUT2D eigenvalue weighted by Crippen LogP contribution is 2.23. The molecule has 6 heteroatoms. The third-order valence-electron chi connectivity index (χ3n) is 3.28. The van der Waals surface area contributed by atoms with E-state index in [2.05, 4.69) is 5.10 Å². The van der Waals surface area contributed by atoms with E-state index in [0.717, 1.165) is 16.5 Å². The molecule has 0 aliphatic carbocycles. The zero-order valence-electron chi connectivity index (χ0n) is 11.2. The van der Waals surface area contributed by atoms with Gasteiger partial charge in [-0.3, -0.25) is 14.9 Å². The number of hydrogen-bond acceptors (Lipinski definition) is 4. The normalized spacial score (nSPS) is 10.7. The molecule has 3 rings (SSSR count). The number of aromatic nitrogens is 2. The van der Waals surface area contributed by atoms with Gasteiger partial charge in [-0.15, -0.1) is 0 Å². The molecule has 0 aliphatic rings. The largest absolute Gasteiger partial charge is 0.296 e. The summed E-state index contributed by atoms with van der Waals surface area (Å²) in [7, 11) is 0. The molecule has 0 fully saturated rings. The minimum Gasteiger partial charge on any atom is -0.296 e. The molecule has 1 heterocycles. The van der Waals surface area contributed by atoms with E-state index in [0.29, 0.717) is 17.7 Å². The number of rotatable bonds is 3. The Morgan fingerprint density at radius 2 is 1.90 bits per heavy atom. The van der Waals surface area contributed by atoms with Crippen LogP contribution in [0.5, 0.6) is 0 Å². The number of aryl methyl sites for hydroxylation is 1. The van der Waals surface area contributed by atoms with Crippen molar-refractivity contribution in [2.75, 3.05) is 0 Å². The Labute approximate surface area is 119 Å². The van der Waals surface area contributed by atoms with Crippen molar-refractivity contribution in [3.8, 4) is 5.69 Å². The first-order chi connectivity index (χ1) is 10.1. The van der Waals surface area contributed by atoms with Crippen molar-refractivity contribution in [1.29, 1.82) is 0 Å². The maximum atomic E-state index is 11.2. The molecule has 6 nitrogen and oxygen atoms in total. The zero-order valence-corrected chi connectivity index (χ0v) is 11.2. The molecule has 0 unspecified atom stereocenters. The lowest BCUT2D eigenvalue weighted by molar-refractivity contribution is -0.384. The highest BCUT2D eigenvalue weighted by atomic mass is 16.6. The van der Waals surface area contributed by atoms with Crippen LogP contribution in [0.3, 0.4) is 0 Å². The monoisotopic (exact) mass is 281 g/mol. The number of nitrogens with zero attached hydrogens (tertiary/aromatic N) is 3. The molecule has 0 amide bonds. The van der Waals surface area contributed by atoms with Gasteiger partial charge in [-0.2, -0.15) is 5.10 Å². The van der Waals surface area contributed by atoms with Gasteiger partial charge in [0, 0.05) is 17.5 Å². The average molecular weight is 281 g/mol. The van der Waals surface area contributed by atoms with Gasteiger partial charge in [0.1, 0.15) is 5.69 Å². The lowest BCUT2D eigenvalue weighted by Crippen LogP contribution is -1.97. The van der Waals surface area contributed by atoms with Gasteiger partial charge in [0.25, 0.3) is 5.69 Å². The van der Waals surface area contributed by atoms with Gasteiger partial charge in [0.2, 0.25) is 0 Å². The Kier molecular flexibility index (Phi) is 2.98. The molecule has 0 atom stereocenters. The van der Waals surface area contributed by atoms with Crippen LogP contribution in [0.15, 0.2) is 42.5 Å². The molecule has 0 radical (unpaired) electrons. The van der Waals surface area contributed by atoms with E-state index in [1.807, 2.05) is 25.1 Å². The van der Waals surface area contributed by atoms with Crippen LogP contribution in [-0.4, -0.2) is 21.0 Å². The van der Waals surface area contributed by atoms with E-state index < -0.39 is 4.92 Å².